The van der Waals surface area contributed by atoms with Gasteiger partial charge in [-0.1, -0.05) is 17.7 Å². The SMILES string of the molecule is Cc1cc(C)c(CN2CC(=O)CC2=O)c(C)c1. The summed E-state index contributed by atoms with van der Waals surface area (Å²) in [6.45, 7) is 7.00. The number of benzene rings is 1. The molecule has 0 unspecified atom stereocenters. The second-order valence-corrected chi connectivity index (χ2v) is 4.84. The minimum absolute atomic E-state index is 0.0254. The number of Topliss-reactive ketones (excluding diaryl/α,β-unsaturated/α-hetero) is 1. The minimum Gasteiger partial charge on any atom is -0.331 e. The lowest BCUT2D eigenvalue weighted by atomic mass is 9.99. The normalized spacial score (nSPS) is 15.8. The highest BCUT2D eigenvalue weighted by atomic mass is 16.2. The molecule has 1 heterocycles. The van der Waals surface area contributed by atoms with Gasteiger partial charge in [-0.05, 0) is 37.5 Å². The standard InChI is InChI=1S/C14H17NO2/c1-9-4-10(2)13(11(3)5-9)8-15-7-12(16)6-14(15)17/h4-5H,6-8H2,1-3H3. The zero-order chi connectivity index (χ0) is 12.6. The van der Waals surface area contributed by atoms with Gasteiger partial charge >= 0.3 is 0 Å². The van der Waals surface area contributed by atoms with Crippen molar-refractivity contribution < 1.29 is 9.59 Å². The summed E-state index contributed by atoms with van der Waals surface area (Å²) in [5.41, 5.74) is 4.77. The van der Waals surface area contributed by atoms with Crippen LogP contribution in [0.2, 0.25) is 0 Å². The maximum atomic E-state index is 11.6. The maximum Gasteiger partial charge on any atom is 0.230 e. The third-order valence-electron chi connectivity index (χ3n) is 3.26. The molecule has 0 aliphatic carbocycles. The Hall–Kier alpha value is -1.64. The van der Waals surface area contributed by atoms with Gasteiger partial charge in [0, 0.05) is 6.54 Å². The van der Waals surface area contributed by atoms with E-state index in [1.165, 1.54) is 22.3 Å². The number of nitrogens with zero attached hydrogens (tertiary/aromatic N) is 1. The predicted molar refractivity (Wildman–Crippen MR) is 65.7 cm³/mol. The summed E-state index contributed by atoms with van der Waals surface area (Å²) < 4.78 is 0. The molecule has 1 saturated heterocycles. The van der Waals surface area contributed by atoms with Crippen molar-refractivity contribution in [1.29, 1.82) is 0 Å². The topological polar surface area (TPSA) is 37.4 Å². The molecule has 0 saturated carbocycles. The smallest absolute Gasteiger partial charge is 0.230 e. The van der Waals surface area contributed by atoms with E-state index in [1.54, 1.807) is 4.90 Å². The van der Waals surface area contributed by atoms with Crippen LogP contribution in [0.15, 0.2) is 12.1 Å². The first-order valence-electron chi connectivity index (χ1n) is 5.83. The molecular formula is C14H17NO2. The van der Waals surface area contributed by atoms with Crippen LogP contribution < -0.4 is 0 Å². The van der Waals surface area contributed by atoms with Crippen LogP contribution >= 0.6 is 0 Å². The molecule has 3 heteroatoms. The number of rotatable bonds is 2. The van der Waals surface area contributed by atoms with Gasteiger partial charge in [0.25, 0.3) is 0 Å². The first-order valence-corrected chi connectivity index (χ1v) is 5.83. The number of ketones is 1. The minimum atomic E-state index is -0.0469. The third-order valence-corrected chi connectivity index (χ3v) is 3.26. The van der Waals surface area contributed by atoms with Crippen LogP contribution in [0, 0.1) is 20.8 Å². The summed E-state index contributed by atoms with van der Waals surface area (Å²) in [6, 6.07) is 4.23. The molecule has 1 amide bonds. The first-order chi connectivity index (χ1) is 7.97. The van der Waals surface area contributed by atoms with Gasteiger partial charge in [0.2, 0.25) is 5.91 Å². The van der Waals surface area contributed by atoms with E-state index in [4.69, 9.17) is 0 Å². The van der Waals surface area contributed by atoms with Gasteiger partial charge in [-0.25, -0.2) is 0 Å². The monoisotopic (exact) mass is 231 g/mol. The highest BCUT2D eigenvalue weighted by molar-refractivity contribution is 6.05. The van der Waals surface area contributed by atoms with Gasteiger partial charge in [-0.3, -0.25) is 9.59 Å². The summed E-state index contributed by atoms with van der Waals surface area (Å²) >= 11 is 0. The van der Waals surface area contributed by atoms with Crippen LogP contribution in [0.1, 0.15) is 28.7 Å². The quantitative estimate of drug-likeness (QED) is 0.729. The Kier molecular flexibility index (Phi) is 3.01. The lowest BCUT2D eigenvalue weighted by molar-refractivity contribution is -0.128. The summed E-state index contributed by atoms with van der Waals surface area (Å²) in [7, 11) is 0. The summed E-state index contributed by atoms with van der Waals surface area (Å²) in [5.74, 6) is -0.0215. The van der Waals surface area contributed by atoms with Gasteiger partial charge < -0.3 is 4.90 Å². The van der Waals surface area contributed by atoms with E-state index in [0.717, 1.165) is 0 Å². The highest BCUT2D eigenvalue weighted by Crippen LogP contribution is 2.20. The molecule has 3 nitrogen and oxygen atoms in total. The summed E-state index contributed by atoms with van der Waals surface area (Å²) in [5, 5.41) is 0. The van der Waals surface area contributed by atoms with Crippen molar-refractivity contribution in [2.24, 2.45) is 0 Å². The van der Waals surface area contributed by atoms with Gasteiger partial charge in [-0.15, -0.1) is 0 Å². The molecule has 1 aliphatic rings. The molecule has 0 spiro atoms. The second-order valence-electron chi connectivity index (χ2n) is 4.84. The van der Waals surface area contributed by atoms with Crippen molar-refractivity contribution in [3.63, 3.8) is 0 Å². The number of carbonyl (C=O) groups is 2. The maximum absolute atomic E-state index is 11.6. The Morgan fingerprint density at radius 3 is 2.18 bits per heavy atom. The number of carbonyl (C=O) groups excluding carboxylic acids is 2. The van der Waals surface area contributed by atoms with Gasteiger partial charge in [-0.2, -0.15) is 0 Å². The van der Waals surface area contributed by atoms with Crippen LogP contribution in [-0.4, -0.2) is 23.1 Å². The van der Waals surface area contributed by atoms with Crippen molar-refractivity contribution >= 4 is 11.7 Å². The molecule has 1 fully saturated rings. The molecule has 17 heavy (non-hydrogen) atoms. The van der Waals surface area contributed by atoms with E-state index in [9.17, 15) is 9.59 Å². The van der Waals surface area contributed by atoms with Crippen molar-refractivity contribution in [3.05, 3.63) is 34.4 Å². The van der Waals surface area contributed by atoms with Gasteiger partial charge in [0.05, 0.1) is 13.0 Å². The Bertz CT molecular complexity index is 468. The number of hydrogen-bond donors (Lipinski definition) is 0. The fraction of sp³-hybridized carbons (Fsp3) is 0.429. The summed E-state index contributed by atoms with van der Waals surface area (Å²) in [4.78, 5) is 24.4. The van der Waals surface area contributed by atoms with Crippen molar-refractivity contribution in [1.82, 2.24) is 4.90 Å². The van der Waals surface area contributed by atoms with E-state index in [2.05, 4.69) is 32.9 Å². The van der Waals surface area contributed by atoms with E-state index < -0.39 is 0 Å². The largest absolute Gasteiger partial charge is 0.331 e. The Morgan fingerprint density at radius 1 is 1.12 bits per heavy atom. The van der Waals surface area contributed by atoms with Crippen molar-refractivity contribution in [3.8, 4) is 0 Å². The Balaban J connectivity index is 2.25. The van der Waals surface area contributed by atoms with Crippen molar-refractivity contribution in [2.45, 2.75) is 33.7 Å². The number of hydrogen-bond acceptors (Lipinski definition) is 2. The third kappa shape index (κ3) is 2.38. The number of aryl methyl sites for hydroxylation is 3. The average molecular weight is 231 g/mol. The predicted octanol–water partition coefficient (Wildman–Crippen LogP) is 1.91. The molecule has 2 rings (SSSR count). The van der Waals surface area contributed by atoms with Gasteiger partial charge in [0.1, 0.15) is 0 Å². The first kappa shape index (κ1) is 11.8. The molecule has 0 aromatic heterocycles. The van der Waals surface area contributed by atoms with Crippen LogP contribution in [0.4, 0.5) is 0 Å². The molecule has 1 aromatic carbocycles. The van der Waals surface area contributed by atoms with Crippen LogP contribution in [0.25, 0.3) is 0 Å². The van der Waals surface area contributed by atoms with E-state index in [0.29, 0.717) is 6.54 Å². The zero-order valence-corrected chi connectivity index (χ0v) is 10.5. The molecule has 0 N–H and O–H groups in total. The average Bonchev–Trinajstić information content (AvgIpc) is 2.51. The lowest BCUT2D eigenvalue weighted by Gasteiger charge is -2.18. The lowest BCUT2D eigenvalue weighted by Crippen LogP contribution is -2.25. The molecule has 90 valence electrons. The molecule has 1 aliphatic heterocycles. The molecule has 0 atom stereocenters. The van der Waals surface area contributed by atoms with Crippen LogP contribution in [0.5, 0.6) is 0 Å². The second kappa shape index (κ2) is 4.32. The molecule has 0 radical (unpaired) electrons. The van der Waals surface area contributed by atoms with Crippen LogP contribution in [-0.2, 0) is 16.1 Å². The fourth-order valence-corrected chi connectivity index (χ4v) is 2.43. The number of likely N-dealkylation sites (tertiary alicyclic amines) is 1. The Morgan fingerprint density at radius 2 is 1.71 bits per heavy atom. The van der Waals surface area contributed by atoms with Crippen molar-refractivity contribution in [2.75, 3.05) is 6.54 Å². The van der Waals surface area contributed by atoms with E-state index in [-0.39, 0.29) is 24.7 Å². The number of amides is 1. The van der Waals surface area contributed by atoms with Crippen LogP contribution in [0.3, 0.4) is 0 Å². The molecule has 1 aromatic rings. The fourth-order valence-electron chi connectivity index (χ4n) is 2.43. The van der Waals surface area contributed by atoms with E-state index >= 15 is 0 Å². The highest BCUT2D eigenvalue weighted by Gasteiger charge is 2.27. The summed E-state index contributed by atoms with van der Waals surface area (Å²) in [6.07, 6.45) is 0.0734. The Labute approximate surface area is 101 Å². The van der Waals surface area contributed by atoms with Gasteiger partial charge in [0.15, 0.2) is 5.78 Å². The van der Waals surface area contributed by atoms with E-state index in [1.807, 2.05) is 0 Å². The zero-order valence-electron chi connectivity index (χ0n) is 10.5. The molecule has 0 bridgehead atoms. The molecular weight excluding hydrogens is 214 g/mol.